The van der Waals surface area contributed by atoms with E-state index in [0.717, 1.165) is 26.8 Å². The zero-order valence-electron chi connectivity index (χ0n) is 12.9. The Kier molecular flexibility index (Phi) is 5.37. The van der Waals surface area contributed by atoms with Crippen molar-refractivity contribution in [2.45, 2.75) is 10.1 Å². The van der Waals surface area contributed by atoms with Crippen LogP contribution in [0.2, 0.25) is 0 Å². The highest BCUT2D eigenvalue weighted by Crippen LogP contribution is 2.29. The van der Waals surface area contributed by atoms with Gasteiger partial charge in [-0.25, -0.2) is 4.98 Å². The van der Waals surface area contributed by atoms with Crippen LogP contribution in [0.25, 0.3) is 5.57 Å². The predicted molar refractivity (Wildman–Crippen MR) is 96.7 cm³/mol. The molecule has 0 aliphatic rings. The molecule has 0 unspecified atom stereocenters. The van der Waals surface area contributed by atoms with Crippen molar-refractivity contribution >= 4 is 34.8 Å². The van der Waals surface area contributed by atoms with Gasteiger partial charge in [-0.3, -0.25) is 0 Å². The fourth-order valence-corrected chi connectivity index (χ4v) is 2.93. The van der Waals surface area contributed by atoms with Gasteiger partial charge in [-0.2, -0.15) is 0 Å². The van der Waals surface area contributed by atoms with Gasteiger partial charge in [-0.05, 0) is 53.5 Å². The maximum absolute atomic E-state index is 4.57. The maximum Gasteiger partial charge on any atom is 0.0977 e. The molecule has 1 heterocycles. The van der Waals surface area contributed by atoms with E-state index in [0.29, 0.717) is 0 Å². The van der Waals surface area contributed by atoms with E-state index in [2.05, 4.69) is 52.9 Å². The molecule has 0 atom stereocenters. The molecule has 0 saturated carbocycles. The van der Waals surface area contributed by atoms with Gasteiger partial charge < -0.3 is 4.90 Å². The number of hydrogen-bond acceptors (Lipinski definition) is 4. The summed E-state index contributed by atoms with van der Waals surface area (Å²) in [6, 6.07) is 12.7. The fraction of sp³-hybridized carbons (Fsp3) is 0.235. The summed E-state index contributed by atoms with van der Waals surface area (Å²) in [6.07, 6.45) is 4.09. The minimum atomic E-state index is 1.03. The predicted octanol–water partition coefficient (Wildman–Crippen LogP) is 4.65. The molecule has 1 aromatic carbocycles. The summed E-state index contributed by atoms with van der Waals surface area (Å²) in [5.41, 5.74) is 4.49. The van der Waals surface area contributed by atoms with Crippen LogP contribution in [-0.4, -0.2) is 31.6 Å². The smallest absolute Gasteiger partial charge is 0.0977 e. The Bertz CT molecular complexity index is 629. The van der Waals surface area contributed by atoms with Gasteiger partial charge in [0, 0.05) is 19.8 Å². The lowest BCUT2D eigenvalue weighted by Crippen LogP contribution is -2.08. The number of nitrogens with zero attached hydrogens (tertiary/aromatic N) is 2. The monoisotopic (exact) mass is 316 g/mol. The number of hydrogen-bond donors (Lipinski definition) is 0. The Labute approximate surface area is 135 Å². The number of thioether (sulfide) groups is 2. The second kappa shape index (κ2) is 7.05. The summed E-state index contributed by atoms with van der Waals surface area (Å²) in [5, 5.41) is 2.06. The normalized spacial score (nSPS) is 10.5. The second-order valence-corrected chi connectivity index (χ2v) is 6.52. The topological polar surface area (TPSA) is 16.1 Å². The number of rotatable bonds is 5. The SMILES string of the molecule is C=C(c1cccc(N(C)C)c1)c1cc(SC)nc(SC)c1. The Morgan fingerprint density at radius 2 is 1.62 bits per heavy atom. The van der Waals surface area contributed by atoms with E-state index in [1.165, 1.54) is 5.69 Å². The van der Waals surface area contributed by atoms with Crippen molar-refractivity contribution < 1.29 is 0 Å². The van der Waals surface area contributed by atoms with Gasteiger partial charge >= 0.3 is 0 Å². The third-order valence-corrected chi connectivity index (χ3v) is 4.51. The maximum atomic E-state index is 4.57. The van der Waals surface area contributed by atoms with Crippen LogP contribution >= 0.6 is 23.5 Å². The van der Waals surface area contributed by atoms with Crippen LogP contribution in [0, 0.1) is 0 Å². The molecule has 0 aliphatic carbocycles. The van der Waals surface area contributed by atoms with Crippen molar-refractivity contribution in [2.24, 2.45) is 0 Å². The van der Waals surface area contributed by atoms with Gasteiger partial charge in [0.15, 0.2) is 0 Å². The van der Waals surface area contributed by atoms with E-state index < -0.39 is 0 Å². The van der Waals surface area contributed by atoms with Crippen molar-refractivity contribution in [3.63, 3.8) is 0 Å². The molecule has 0 spiro atoms. The zero-order valence-corrected chi connectivity index (χ0v) is 14.5. The van der Waals surface area contributed by atoms with Crippen LogP contribution in [-0.2, 0) is 0 Å². The first-order valence-electron chi connectivity index (χ1n) is 6.62. The van der Waals surface area contributed by atoms with Gasteiger partial charge in [-0.1, -0.05) is 18.7 Å². The number of benzene rings is 1. The minimum absolute atomic E-state index is 1.03. The van der Waals surface area contributed by atoms with E-state index >= 15 is 0 Å². The molecule has 0 aliphatic heterocycles. The van der Waals surface area contributed by atoms with E-state index in [9.17, 15) is 0 Å². The van der Waals surface area contributed by atoms with Gasteiger partial charge in [0.2, 0.25) is 0 Å². The molecule has 4 heteroatoms. The molecule has 2 aromatic rings. The summed E-state index contributed by atoms with van der Waals surface area (Å²) in [4.78, 5) is 6.67. The lowest BCUT2D eigenvalue weighted by atomic mass is 10.00. The molecular formula is C17H20N2S2. The largest absolute Gasteiger partial charge is 0.378 e. The van der Waals surface area contributed by atoms with Crippen LogP contribution in [0.3, 0.4) is 0 Å². The first-order valence-corrected chi connectivity index (χ1v) is 9.07. The Hall–Kier alpha value is -1.39. The minimum Gasteiger partial charge on any atom is -0.378 e. The van der Waals surface area contributed by atoms with Gasteiger partial charge in [0.1, 0.15) is 0 Å². The highest BCUT2D eigenvalue weighted by atomic mass is 32.2. The average molecular weight is 316 g/mol. The number of pyridine rings is 1. The third kappa shape index (κ3) is 3.83. The summed E-state index contributed by atoms with van der Waals surface area (Å²) >= 11 is 3.32. The second-order valence-electron chi connectivity index (χ2n) is 4.86. The fourth-order valence-electron chi connectivity index (χ4n) is 2.00. The summed E-state index contributed by atoms with van der Waals surface area (Å²) in [5.74, 6) is 0. The van der Waals surface area contributed by atoms with Crippen molar-refractivity contribution in [1.29, 1.82) is 0 Å². The summed E-state index contributed by atoms with van der Waals surface area (Å²) < 4.78 is 0. The van der Waals surface area contributed by atoms with Crippen LogP contribution in [0.5, 0.6) is 0 Å². The molecule has 110 valence electrons. The molecule has 1 aromatic heterocycles. The van der Waals surface area contributed by atoms with Crippen molar-refractivity contribution in [1.82, 2.24) is 4.98 Å². The van der Waals surface area contributed by atoms with Crippen LogP contribution in [0.4, 0.5) is 5.69 Å². The molecule has 2 rings (SSSR count). The standard InChI is InChI=1S/C17H20N2S2/c1-12(13-7-6-8-15(9-13)19(2)3)14-10-16(20-4)18-17(11-14)21-5/h6-11H,1H2,2-5H3. The Morgan fingerprint density at radius 1 is 1.00 bits per heavy atom. The molecule has 2 nitrogen and oxygen atoms in total. The van der Waals surface area contributed by atoms with E-state index in [-0.39, 0.29) is 0 Å². The zero-order chi connectivity index (χ0) is 15.4. The van der Waals surface area contributed by atoms with E-state index in [1.54, 1.807) is 23.5 Å². The van der Waals surface area contributed by atoms with Gasteiger partial charge in [-0.15, -0.1) is 23.5 Å². The molecule has 0 saturated heterocycles. The van der Waals surface area contributed by atoms with Crippen LogP contribution in [0.1, 0.15) is 11.1 Å². The Balaban J connectivity index is 2.42. The molecule has 0 fully saturated rings. The Morgan fingerprint density at radius 3 is 2.14 bits per heavy atom. The quantitative estimate of drug-likeness (QED) is 0.746. The first-order chi connectivity index (χ1) is 10.0. The highest BCUT2D eigenvalue weighted by molar-refractivity contribution is 7.99. The average Bonchev–Trinajstić information content (AvgIpc) is 2.53. The van der Waals surface area contributed by atoms with Crippen molar-refractivity contribution in [2.75, 3.05) is 31.5 Å². The molecule has 0 N–H and O–H groups in total. The van der Waals surface area contributed by atoms with Gasteiger partial charge in [0.05, 0.1) is 10.1 Å². The molecular weight excluding hydrogens is 296 g/mol. The molecule has 0 radical (unpaired) electrons. The van der Waals surface area contributed by atoms with Crippen LogP contribution < -0.4 is 4.90 Å². The van der Waals surface area contributed by atoms with Crippen molar-refractivity contribution in [3.8, 4) is 0 Å². The highest BCUT2D eigenvalue weighted by Gasteiger charge is 2.08. The molecule has 0 amide bonds. The van der Waals surface area contributed by atoms with Crippen LogP contribution in [0.15, 0.2) is 53.0 Å². The number of anilines is 1. The summed E-state index contributed by atoms with van der Waals surface area (Å²) in [6.45, 7) is 4.28. The number of aromatic nitrogens is 1. The first kappa shape index (κ1) is 16.0. The molecule has 21 heavy (non-hydrogen) atoms. The lowest BCUT2D eigenvalue weighted by Gasteiger charge is -2.15. The molecule has 0 bridgehead atoms. The van der Waals surface area contributed by atoms with E-state index in [1.807, 2.05) is 26.6 Å². The van der Waals surface area contributed by atoms with E-state index in [4.69, 9.17) is 0 Å². The van der Waals surface area contributed by atoms with Gasteiger partial charge in [0.25, 0.3) is 0 Å². The third-order valence-electron chi connectivity index (χ3n) is 3.26. The van der Waals surface area contributed by atoms with Crippen molar-refractivity contribution in [3.05, 3.63) is 54.1 Å². The summed E-state index contributed by atoms with van der Waals surface area (Å²) in [7, 11) is 4.10. The lowest BCUT2D eigenvalue weighted by molar-refractivity contribution is 1.01.